The van der Waals surface area contributed by atoms with Gasteiger partial charge < -0.3 is 48.5 Å². The van der Waals surface area contributed by atoms with Crippen LogP contribution >= 0.6 is 0 Å². The number of amides is 5. The summed E-state index contributed by atoms with van der Waals surface area (Å²) in [6, 6.07) is -0.506. The summed E-state index contributed by atoms with van der Waals surface area (Å²) in [6.45, 7) is 0. The molecule has 39 heavy (non-hydrogen) atoms. The molecule has 1 rings (SSSR count). The predicted molar refractivity (Wildman–Crippen MR) is 132 cm³/mol. The standard InChI is InChI=1S/C23H32N6O10/c24-13(5-7-17(25)31)20(35)28-15(10-19(33)34)22(37)27-14(6-8-18(26)32)21(36)29-16(23(38)39)9-11-1-3-12(30)4-2-11/h1-4,13-16,30H,5-10,24H2,(H2,25,31)(H2,26,32)(H,27,37)(H,28,35)(H,29,36)(H,33,34)(H,38,39). The van der Waals surface area contributed by atoms with Crippen LogP contribution in [0.3, 0.4) is 0 Å². The van der Waals surface area contributed by atoms with Gasteiger partial charge in [-0.25, -0.2) is 4.79 Å². The molecule has 16 nitrogen and oxygen atoms in total. The molecule has 0 fully saturated rings. The van der Waals surface area contributed by atoms with E-state index in [0.717, 1.165) is 0 Å². The fourth-order valence-corrected chi connectivity index (χ4v) is 3.26. The van der Waals surface area contributed by atoms with Crippen LogP contribution in [0, 0.1) is 0 Å². The van der Waals surface area contributed by atoms with Crippen molar-refractivity contribution in [1.29, 1.82) is 0 Å². The van der Waals surface area contributed by atoms with Crippen molar-refractivity contribution in [2.45, 2.75) is 62.7 Å². The van der Waals surface area contributed by atoms with Gasteiger partial charge in [0.25, 0.3) is 0 Å². The van der Waals surface area contributed by atoms with E-state index in [9.17, 15) is 48.9 Å². The summed E-state index contributed by atoms with van der Waals surface area (Å²) < 4.78 is 0. The first kappa shape index (κ1) is 32.3. The Hall–Kier alpha value is -4.73. The normalized spacial score (nSPS) is 13.7. The molecule has 0 bridgehead atoms. The molecule has 0 radical (unpaired) electrons. The molecular formula is C23H32N6O10. The van der Waals surface area contributed by atoms with Gasteiger partial charge in [-0.3, -0.25) is 28.8 Å². The number of phenolic OH excluding ortho intramolecular Hbond substituents is 1. The quantitative estimate of drug-likeness (QED) is 0.0927. The minimum absolute atomic E-state index is 0.0549. The van der Waals surface area contributed by atoms with Crippen molar-refractivity contribution in [3.8, 4) is 5.75 Å². The van der Waals surface area contributed by atoms with Gasteiger partial charge in [-0.15, -0.1) is 0 Å². The molecule has 0 aliphatic carbocycles. The van der Waals surface area contributed by atoms with Gasteiger partial charge in [0.15, 0.2) is 0 Å². The summed E-state index contributed by atoms with van der Waals surface area (Å²) in [5, 5.41) is 34.7. The Bertz CT molecular complexity index is 1080. The number of rotatable bonds is 17. The van der Waals surface area contributed by atoms with Crippen LogP contribution in [-0.2, 0) is 40.0 Å². The number of carboxylic acids is 2. The molecule has 0 spiro atoms. The lowest BCUT2D eigenvalue weighted by Crippen LogP contribution is -2.57. The SMILES string of the molecule is NC(=O)CCC(N)C(=O)NC(CC(=O)O)C(=O)NC(CCC(N)=O)C(=O)NC(Cc1ccc(O)cc1)C(=O)O. The van der Waals surface area contributed by atoms with Gasteiger partial charge in [-0.1, -0.05) is 12.1 Å². The molecule has 0 saturated carbocycles. The second-order valence-electron chi connectivity index (χ2n) is 8.61. The molecule has 0 aliphatic rings. The zero-order valence-electron chi connectivity index (χ0n) is 20.8. The van der Waals surface area contributed by atoms with Gasteiger partial charge in [-0.2, -0.15) is 0 Å². The van der Waals surface area contributed by atoms with Crippen molar-refractivity contribution in [3.05, 3.63) is 29.8 Å². The van der Waals surface area contributed by atoms with Crippen LogP contribution in [0.1, 0.15) is 37.7 Å². The molecule has 0 heterocycles. The smallest absolute Gasteiger partial charge is 0.326 e. The molecule has 1 aromatic carbocycles. The number of phenols is 1. The Balaban J connectivity index is 3.05. The van der Waals surface area contributed by atoms with E-state index < -0.39 is 78.5 Å². The summed E-state index contributed by atoms with van der Waals surface area (Å²) in [5.74, 6) is -7.65. The van der Waals surface area contributed by atoms with Gasteiger partial charge in [0.2, 0.25) is 29.5 Å². The summed E-state index contributed by atoms with van der Waals surface area (Å²) >= 11 is 0. The molecule has 4 unspecified atom stereocenters. The van der Waals surface area contributed by atoms with Crippen LogP contribution in [0.25, 0.3) is 0 Å². The third kappa shape index (κ3) is 12.4. The van der Waals surface area contributed by atoms with E-state index >= 15 is 0 Å². The fraction of sp³-hybridized carbons (Fsp3) is 0.435. The molecule has 214 valence electrons. The highest BCUT2D eigenvalue weighted by Crippen LogP contribution is 2.12. The monoisotopic (exact) mass is 552 g/mol. The molecule has 1 aromatic rings. The average Bonchev–Trinajstić information content (AvgIpc) is 2.84. The first-order valence-corrected chi connectivity index (χ1v) is 11.6. The van der Waals surface area contributed by atoms with Crippen LogP contribution in [0.4, 0.5) is 0 Å². The van der Waals surface area contributed by atoms with Crippen LogP contribution in [0.2, 0.25) is 0 Å². The van der Waals surface area contributed by atoms with Crippen molar-refractivity contribution in [2.24, 2.45) is 17.2 Å². The highest BCUT2D eigenvalue weighted by molar-refractivity contribution is 5.96. The first-order valence-electron chi connectivity index (χ1n) is 11.6. The lowest BCUT2D eigenvalue weighted by molar-refractivity contribution is -0.143. The fourth-order valence-electron chi connectivity index (χ4n) is 3.26. The van der Waals surface area contributed by atoms with E-state index in [2.05, 4.69) is 16.0 Å². The van der Waals surface area contributed by atoms with Crippen molar-refractivity contribution in [3.63, 3.8) is 0 Å². The Morgan fingerprint density at radius 2 is 1.21 bits per heavy atom. The van der Waals surface area contributed by atoms with Crippen molar-refractivity contribution >= 4 is 41.5 Å². The molecule has 0 aromatic heterocycles. The summed E-state index contributed by atoms with van der Waals surface area (Å²) in [6.07, 6.45) is -2.30. The number of aliphatic carboxylic acids is 2. The molecule has 0 saturated heterocycles. The highest BCUT2D eigenvalue weighted by Gasteiger charge is 2.31. The number of nitrogens with one attached hydrogen (secondary N) is 3. The van der Waals surface area contributed by atoms with E-state index in [1.165, 1.54) is 24.3 Å². The molecule has 16 heteroatoms. The largest absolute Gasteiger partial charge is 0.508 e. The minimum Gasteiger partial charge on any atom is -0.508 e. The molecule has 5 amide bonds. The van der Waals surface area contributed by atoms with Crippen LogP contribution < -0.4 is 33.2 Å². The molecule has 4 atom stereocenters. The van der Waals surface area contributed by atoms with E-state index in [1.54, 1.807) is 0 Å². The lowest BCUT2D eigenvalue weighted by Gasteiger charge is -2.24. The second-order valence-corrected chi connectivity index (χ2v) is 8.61. The summed E-state index contributed by atoms with van der Waals surface area (Å²) in [4.78, 5) is 83.4. The maximum atomic E-state index is 12.9. The number of benzene rings is 1. The van der Waals surface area contributed by atoms with Crippen LogP contribution in [0.5, 0.6) is 5.75 Å². The minimum atomic E-state index is -1.72. The van der Waals surface area contributed by atoms with E-state index in [-0.39, 0.29) is 31.4 Å². The Morgan fingerprint density at radius 1 is 0.718 bits per heavy atom. The molecule has 0 aliphatic heterocycles. The number of aromatic hydroxyl groups is 1. The van der Waals surface area contributed by atoms with Crippen LogP contribution in [0.15, 0.2) is 24.3 Å². The Kier molecular flexibility index (Phi) is 12.8. The van der Waals surface area contributed by atoms with E-state index in [1.807, 2.05) is 0 Å². The van der Waals surface area contributed by atoms with Crippen molar-refractivity contribution < 1.29 is 48.9 Å². The van der Waals surface area contributed by atoms with E-state index in [4.69, 9.17) is 17.2 Å². The number of hydrogen-bond donors (Lipinski definition) is 9. The van der Waals surface area contributed by atoms with Gasteiger partial charge in [0, 0.05) is 19.3 Å². The topological polar surface area (TPSA) is 294 Å². The van der Waals surface area contributed by atoms with Gasteiger partial charge in [0.1, 0.15) is 23.9 Å². The van der Waals surface area contributed by atoms with E-state index in [0.29, 0.717) is 5.56 Å². The number of primary amides is 2. The highest BCUT2D eigenvalue weighted by atomic mass is 16.4. The third-order valence-electron chi connectivity index (χ3n) is 5.35. The number of carbonyl (C=O) groups excluding carboxylic acids is 5. The first-order chi connectivity index (χ1) is 18.2. The lowest BCUT2D eigenvalue weighted by atomic mass is 10.0. The Morgan fingerprint density at radius 3 is 1.72 bits per heavy atom. The van der Waals surface area contributed by atoms with Crippen molar-refractivity contribution in [1.82, 2.24) is 16.0 Å². The van der Waals surface area contributed by atoms with Crippen LogP contribution in [-0.4, -0.2) is 81.0 Å². The van der Waals surface area contributed by atoms with Gasteiger partial charge in [-0.05, 0) is 30.5 Å². The number of carboxylic acid groups (broad SMARTS) is 2. The number of carbonyl (C=O) groups is 7. The van der Waals surface area contributed by atoms with Crippen molar-refractivity contribution in [2.75, 3.05) is 0 Å². The zero-order valence-corrected chi connectivity index (χ0v) is 20.8. The summed E-state index contributed by atoms with van der Waals surface area (Å²) in [7, 11) is 0. The van der Waals surface area contributed by atoms with Gasteiger partial charge >= 0.3 is 11.9 Å². The maximum Gasteiger partial charge on any atom is 0.326 e. The predicted octanol–water partition coefficient (Wildman–Crippen LogP) is -3.19. The average molecular weight is 553 g/mol. The Labute approximate surface area is 222 Å². The number of nitrogens with two attached hydrogens (primary N) is 3. The summed E-state index contributed by atoms with van der Waals surface area (Å²) in [5.41, 5.74) is 16.2. The van der Waals surface area contributed by atoms with Gasteiger partial charge in [0.05, 0.1) is 12.5 Å². The maximum absolute atomic E-state index is 12.9. The number of hydrogen-bond acceptors (Lipinski definition) is 9. The molecular weight excluding hydrogens is 520 g/mol. The zero-order chi connectivity index (χ0) is 29.7. The second kappa shape index (κ2) is 15.5. The molecule has 12 N–H and O–H groups in total. The third-order valence-corrected chi connectivity index (χ3v) is 5.35.